The van der Waals surface area contributed by atoms with Crippen LogP contribution in [-0.4, -0.2) is 9.97 Å². The smallest absolute Gasteiger partial charge is 0.232 e. The molecular weight excluding hydrogens is 397 g/mol. The Morgan fingerprint density at radius 2 is 1.70 bits per heavy atom. The molecule has 0 bridgehead atoms. The molecule has 2 aromatic rings. The number of rotatable bonds is 3. The van der Waals surface area contributed by atoms with Crippen molar-refractivity contribution in [3.63, 3.8) is 0 Å². The molecular formula is C14H12ClF2IN2. The van der Waals surface area contributed by atoms with Crippen LogP contribution < -0.4 is 0 Å². The second-order valence-corrected chi connectivity index (χ2v) is 6.05. The number of hydrogen-bond donors (Lipinski definition) is 0. The fourth-order valence-electron chi connectivity index (χ4n) is 1.73. The summed E-state index contributed by atoms with van der Waals surface area (Å²) in [6, 6.07) is 5.93. The van der Waals surface area contributed by atoms with Crippen molar-refractivity contribution in [2.24, 2.45) is 0 Å². The fraction of sp³-hybridized carbons (Fsp3) is 0.286. The molecule has 0 spiro atoms. The molecule has 0 unspecified atom stereocenters. The quantitative estimate of drug-likeness (QED) is 0.498. The summed E-state index contributed by atoms with van der Waals surface area (Å²) >= 11 is 8.23. The van der Waals surface area contributed by atoms with Gasteiger partial charge in [0.1, 0.15) is 5.15 Å². The SMILES string of the molecule is CC(C)c1nc(-c2ccc(C(F)F)cc2)nc(Cl)c1I. The highest BCUT2D eigenvalue weighted by Crippen LogP contribution is 2.29. The van der Waals surface area contributed by atoms with Crippen LogP contribution in [0, 0.1) is 3.57 Å². The van der Waals surface area contributed by atoms with Crippen molar-refractivity contribution < 1.29 is 8.78 Å². The zero-order valence-corrected chi connectivity index (χ0v) is 13.8. The molecule has 0 radical (unpaired) electrons. The Kier molecular flexibility index (Phi) is 4.90. The molecule has 0 saturated heterocycles. The molecule has 6 heteroatoms. The molecule has 106 valence electrons. The van der Waals surface area contributed by atoms with Crippen LogP contribution in [0.4, 0.5) is 8.78 Å². The van der Waals surface area contributed by atoms with E-state index in [1.54, 1.807) is 12.1 Å². The number of nitrogens with zero attached hydrogens (tertiary/aromatic N) is 2. The van der Waals surface area contributed by atoms with Crippen molar-refractivity contribution in [3.8, 4) is 11.4 Å². The van der Waals surface area contributed by atoms with Crippen LogP contribution in [0.1, 0.15) is 37.4 Å². The molecule has 0 aliphatic carbocycles. The van der Waals surface area contributed by atoms with Crippen LogP contribution in [0.2, 0.25) is 5.15 Å². The maximum Gasteiger partial charge on any atom is 0.263 e. The first-order valence-corrected chi connectivity index (χ1v) is 7.47. The topological polar surface area (TPSA) is 25.8 Å². The summed E-state index contributed by atoms with van der Waals surface area (Å²) in [6.07, 6.45) is -2.48. The van der Waals surface area contributed by atoms with E-state index in [1.807, 2.05) is 13.8 Å². The maximum atomic E-state index is 12.5. The first kappa shape index (κ1) is 15.6. The predicted octanol–water partition coefficient (Wildman–Crippen LogP) is 5.46. The second-order valence-electron chi connectivity index (χ2n) is 4.61. The van der Waals surface area contributed by atoms with Gasteiger partial charge in [0.25, 0.3) is 6.43 Å². The molecule has 0 aliphatic heterocycles. The minimum atomic E-state index is -2.48. The van der Waals surface area contributed by atoms with Gasteiger partial charge < -0.3 is 0 Å². The third kappa shape index (κ3) is 3.25. The van der Waals surface area contributed by atoms with E-state index >= 15 is 0 Å². The van der Waals surface area contributed by atoms with Gasteiger partial charge in [0.15, 0.2) is 5.82 Å². The van der Waals surface area contributed by atoms with Crippen molar-refractivity contribution in [1.82, 2.24) is 9.97 Å². The third-order valence-electron chi connectivity index (χ3n) is 2.80. The molecule has 0 fully saturated rings. The van der Waals surface area contributed by atoms with E-state index in [9.17, 15) is 8.78 Å². The van der Waals surface area contributed by atoms with Gasteiger partial charge in [-0.25, -0.2) is 18.7 Å². The summed E-state index contributed by atoms with van der Waals surface area (Å²) in [5.41, 5.74) is 1.52. The average Bonchev–Trinajstić information content (AvgIpc) is 2.41. The van der Waals surface area contributed by atoms with Crippen molar-refractivity contribution in [2.75, 3.05) is 0 Å². The summed E-state index contributed by atoms with van der Waals surface area (Å²) in [6.45, 7) is 4.04. The van der Waals surface area contributed by atoms with E-state index < -0.39 is 6.43 Å². The normalized spacial score (nSPS) is 11.4. The molecule has 0 atom stereocenters. The largest absolute Gasteiger partial charge is 0.263 e. The van der Waals surface area contributed by atoms with Gasteiger partial charge in [-0.05, 0) is 28.5 Å². The lowest BCUT2D eigenvalue weighted by Crippen LogP contribution is -2.02. The Labute approximate surface area is 134 Å². The Morgan fingerprint density at radius 3 is 2.20 bits per heavy atom. The minimum absolute atomic E-state index is 0.0190. The predicted molar refractivity (Wildman–Crippen MR) is 84.2 cm³/mol. The highest BCUT2D eigenvalue weighted by atomic mass is 127. The maximum absolute atomic E-state index is 12.5. The van der Waals surface area contributed by atoms with Crippen molar-refractivity contribution in [3.05, 3.63) is 44.2 Å². The van der Waals surface area contributed by atoms with Crippen molar-refractivity contribution in [2.45, 2.75) is 26.2 Å². The number of aromatic nitrogens is 2. The van der Waals surface area contributed by atoms with Gasteiger partial charge >= 0.3 is 0 Å². The van der Waals surface area contributed by atoms with Gasteiger partial charge in [-0.3, -0.25) is 0 Å². The molecule has 0 N–H and O–H groups in total. The lowest BCUT2D eigenvalue weighted by molar-refractivity contribution is 0.151. The summed E-state index contributed by atoms with van der Waals surface area (Å²) in [7, 11) is 0. The minimum Gasteiger partial charge on any atom is -0.232 e. The standard InChI is InChI=1S/C14H12ClF2IN2/c1-7(2)11-10(18)12(15)20-14(19-11)9-5-3-8(4-6-9)13(16)17/h3-7,13H,1-2H3. The average molecular weight is 409 g/mol. The van der Waals surface area contributed by atoms with Gasteiger partial charge in [0, 0.05) is 11.1 Å². The summed E-state index contributed by atoms with van der Waals surface area (Å²) in [4.78, 5) is 8.71. The van der Waals surface area contributed by atoms with Crippen LogP contribution in [-0.2, 0) is 0 Å². The number of halogens is 4. The Hall–Kier alpha value is -0.820. The molecule has 1 aromatic carbocycles. The van der Waals surface area contributed by atoms with Gasteiger partial charge in [-0.2, -0.15) is 0 Å². The summed E-state index contributed by atoms with van der Waals surface area (Å²) in [5, 5.41) is 0.386. The van der Waals surface area contributed by atoms with E-state index in [4.69, 9.17) is 11.6 Å². The summed E-state index contributed by atoms with van der Waals surface area (Å²) in [5.74, 6) is 0.668. The van der Waals surface area contributed by atoms with Crippen molar-refractivity contribution in [1.29, 1.82) is 0 Å². The molecule has 0 saturated carbocycles. The molecule has 0 aliphatic rings. The molecule has 0 amide bonds. The van der Waals surface area contributed by atoms with E-state index in [0.29, 0.717) is 16.5 Å². The fourth-order valence-corrected chi connectivity index (χ4v) is 2.77. The van der Waals surface area contributed by atoms with E-state index in [1.165, 1.54) is 12.1 Å². The van der Waals surface area contributed by atoms with Gasteiger partial charge in [-0.15, -0.1) is 0 Å². The van der Waals surface area contributed by atoms with E-state index in [2.05, 4.69) is 32.6 Å². The zero-order chi connectivity index (χ0) is 14.9. The first-order chi connectivity index (χ1) is 9.40. The Balaban J connectivity index is 2.47. The number of benzene rings is 1. The van der Waals surface area contributed by atoms with Crippen LogP contribution in [0.15, 0.2) is 24.3 Å². The monoisotopic (exact) mass is 408 g/mol. The highest BCUT2D eigenvalue weighted by Gasteiger charge is 2.15. The van der Waals surface area contributed by atoms with Crippen LogP contribution in [0.3, 0.4) is 0 Å². The lowest BCUT2D eigenvalue weighted by atomic mass is 10.1. The van der Waals surface area contributed by atoms with Crippen molar-refractivity contribution >= 4 is 34.2 Å². The second kappa shape index (κ2) is 6.30. The van der Waals surface area contributed by atoms with E-state index in [-0.39, 0.29) is 11.5 Å². The third-order valence-corrected chi connectivity index (χ3v) is 4.46. The zero-order valence-electron chi connectivity index (χ0n) is 10.9. The van der Waals surface area contributed by atoms with Crippen LogP contribution in [0.25, 0.3) is 11.4 Å². The molecule has 1 aromatic heterocycles. The highest BCUT2D eigenvalue weighted by molar-refractivity contribution is 14.1. The van der Waals surface area contributed by atoms with Crippen LogP contribution in [0.5, 0.6) is 0 Å². The van der Waals surface area contributed by atoms with Gasteiger partial charge in [0.05, 0.1) is 9.26 Å². The van der Waals surface area contributed by atoms with Gasteiger partial charge in [-0.1, -0.05) is 49.7 Å². The molecule has 20 heavy (non-hydrogen) atoms. The van der Waals surface area contributed by atoms with Gasteiger partial charge in [0.2, 0.25) is 0 Å². The lowest BCUT2D eigenvalue weighted by Gasteiger charge is -2.11. The van der Waals surface area contributed by atoms with E-state index in [0.717, 1.165) is 9.26 Å². The van der Waals surface area contributed by atoms with Crippen LogP contribution >= 0.6 is 34.2 Å². The number of hydrogen-bond acceptors (Lipinski definition) is 2. The molecule has 1 heterocycles. The Morgan fingerprint density at radius 1 is 1.10 bits per heavy atom. The molecule has 2 nitrogen and oxygen atoms in total. The Bertz CT molecular complexity index is 615. The first-order valence-electron chi connectivity index (χ1n) is 6.01. The summed E-state index contributed by atoms with van der Waals surface area (Å²) < 4.78 is 25.9. The number of alkyl halides is 2. The molecule has 2 rings (SSSR count).